The van der Waals surface area contributed by atoms with Crippen molar-refractivity contribution in [3.8, 4) is 5.75 Å². The normalized spacial score (nSPS) is 11.5. The summed E-state index contributed by atoms with van der Waals surface area (Å²) < 4.78 is 10.2. The van der Waals surface area contributed by atoms with E-state index in [0.29, 0.717) is 16.5 Å². The number of esters is 1. The average molecular weight is 380 g/mol. The summed E-state index contributed by atoms with van der Waals surface area (Å²) in [4.78, 5) is 25.0. The quantitative estimate of drug-likeness (QED) is 0.581. The molecule has 1 N–H and O–H groups in total. The summed E-state index contributed by atoms with van der Waals surface area (Å²) in [5, 5.41) is 2.65. The van der Waals surface area contributed by atoms with E-state index in [4.69, 9.17) is 21.1 Å². The van der Waals surface area contributed by atoms with E-state index in [1.54, 1.807) is 25.1 Å². The highest BCUT2D eigenvalue weighted by Gasteiger charge is 2.18. The van der Waals surface area contributed by atoms with E-state index in [-0.39, 0.29) is 6.61 Å². The Hall–Kier alpha value is -2.18. The van der Waals surface area contributed by atoms with Crippen molar-refractivity contribution in [1.29, 1.82) is 0 Å². The molecule has 0 bridgehead atoms. The highest BCUT2D eigenvalue weighted by atomic mass is 35.5. The van der Waals surface area contributed by atoms with Crippen LogP contribution in [-0.2, 0) is 14.3 Å². The monoisotopic (exact) mass is 379 g/mol. The second kappa shape index (κ2) is 9.34. The van der Waals surface area contributed by atoms with Gasteiger partial charge in [0, 0.05) is 9.92 Å². The molecule has 0 saturated heterocycles. The van der Waals surface area contributed by atoms with Crippen molar-refractivity contribution in [3.63, 3.8) is 0 Å². The van der Waals surface area contributed by atoms with Crippen molar-refractivity contribution < 1.29 is 19.1 Å². The molecule has 0 radical (unpaired) electrons. The first-order valence-corrected chi connectivity index (χ1v) is 8.77. The van der Waals surface area contributed by atoms with Gasteiger partial charge in [-0.05, 0) is 37.3 Å². The molecule has 0 heterocycles. The lowest BCUT2D eigenvalue weighted by atomic mass is 10.3. The first-order valence-electron chi connectivity index (χ1n) is 7.51. The fraction of sp³-hybridized carbons (Fsp3) is 0.222. The zero-order chi connectivity index (χ0) is 18.2. The van der Waals surface area contributed by atoms with Gasteiger partial charge in [0.1, 0.15) is 11.0 Å². The van der Waals surface area contributed by atoms with Crippen molar-refractivity contribution in [2.45, 2.75) is 17.1 Å². The van der Waals surface area contributed by atoms with E-state index in [0.717, 1.165) is 4.90 Å². The minimum absolute atomic E-state index is 0.381. The van der Waals surface area contributed by atoms with Crippen LogP contribution < -0.4 is 10.1 Å². The van der Waals surface area contributed by atoms with Crippen molar-refractivity contribution >= 4 is 40.9 Å². The average Bonchev–Trinajstić information content (AvgIpc) is 2.60. The predicted octanol–water partition coefficient (Wildman–Crippen LogP) is 4.01. The Morgan fingerprint density at radius 1 is 1.20 bits per heavy atom. The fourth-order valence-electron chi connectivity index (χ4n) is 1.97. The Labute approximate surface area is 155 Å². The van der Waals surface area contributed by atoms with Gasteiger partial charge in [-0.1, -0.05) is 29.8 Å². The number of anilines is 1. The predicted molar refractivity (Wildman–Crippen MR) is 99.4 cm³/mol. The van der Waals surface area contributed by atoms with Gasteiger partial charge in [-0.2, -0.15) is 0 Å². The summed E-state index contributed by atoms with van der Waals surface area (Å²) >= 11 is 7.28. The van der Waals surface area contributed by atoms with Crippen LogP contribution in [0.4, 0.5) is 5.69 Å². The maximum Gasteiger partial charge on any atom is 0.319 e. The van der Waals surface area contributed by atoms with Crippen molar-refractivity contribution in [2.75, 3.05) is 19.0 Å². The molecule has 1 atom stereocenters. The van der Waals surface area contributed by atoms with Crippen LogP contribution in [0, 0.1) is 0 Å². The Balaban J connectivity index is 1.85. The highest BCUT2D eigenvalue weighted by Crippen LogP contribution is 2.27. The highest BCUT2D eigenvalue weighted by molar-refractivity contribution is 8.00. The van der Waals surface area contributed by atoms with E-state index in [9.17, 15) is 9.59 Å². The minimum Gasteiger partial charge on any atom is -0.495 e. The maximum atomic E-state index is 12.0. The van der Waals surface area contributed by atoms with Crippen molar-refractivity contribution in [3.05, 3.63) is 53.6 Å². The molecule has 2 rings (SSSR count). The topological polar surface area (TPSA) is 64.6 Å². The summed E-state index contributed by atoms with van der Waals surface area (Å²) in [6.45, 7) is 1.35. The van der Waals surface area contributed by atoms with E-state index in [2.05, 4.69) is 5.32 Å². The number of methoxy groups -OCH3 is 1. The van der Waals surface area contributed by atoms with Crippen LogP contribution in [0.15, 0.2) is 53.4 Å². The van der Waals surface area contributed by atoms with Crippen LogP contribution >= 0.6 is 23.4 Å². The van der Waals surface area contributed by atoms with Crippen LogP contribution in [-0.4, -0.2) is 30.8 Å². The van der Waals surface area contributed by atoms with Gasteiger partial charge in [-0.15, -0.1) is 11.8 Å². The molecule has 0 aromatic heterocycles. The number of hydrogen-bond acceptors (Lipinski definition) is 5. The molecule has 1 amide bonds. The van der Waals surface area contributed by atoms with Gasteiger partial charge in [0.05, 0.1) is 12.8 Å². The van der Waals surface area contributed by atoms with Gasteiger partial charge in [-0.3, -0.25) is 9.59 Å². The first-order chi connectivity index (χ1) is 12.0. The molecular formula is C18H18ClNO4S. The number of ether oxygens (including phenoxy) is 2. The van der Waals surface area contributed by atoms with Crippen LogP contribution in [0.2, 0.25) is 5.02 Å². The Morgan fingerprint density at radius 2 is 1.92 bits per heavy atom. The molecule has 2 aromatic carbocycles. The lowest BCUT2D eigenvalue weighted by molar-refractivity contribution is -0.146. The van der Waals surface area contributed by atoms with Crippen LogP contribution in [0.3, 0.4) is 0 Å². The molecule has 0 unspecified atom stereocenters. The molecule has 0 fully saturated rings. The number of carbonyl (C=O) groups excluding carboxylic acids is 2. The largest absolute Gasteiger partial charge is 0.495 e. The van der Waals surface area contributed by atoms with E-state index in [1.807, 2.05) is 30.3 Å². The Bertz CT molecular complexity index is 739. The molecule has 5 nitrogen and oxygen atoms in total. The molecule has 2 aromatic rings. The van der Waals surface area contributed by atoms with Gasteiger partial charge in [-0.25, -0.2) is 0 Å². The van der Waals surface area contributed by atoms with Crippen LogP contribution in [0.5, 0.6) is 5.75 Å². The van der Waals surface area contributed by atoms with E-state index >= 15 is 0 Å². The fourth-order valence-corrected chi connectivity index (χ4v) is 3.03. The lowest BCUT2D eigenvalue weighted by Gasteiger charge is -2.13. The molecule has 0 aliphatic heterocycles. The molecule has 25 heavy (non-hydrogen) atoms. The van der Waals surface area contributed by atoms with Gasteiger partial charge in [0.25, 0.3) is 5.91 Å². The van der Waals surface area contributed by atoms with E-state index < -0.39 is 17.1 Å². The standard InChI is InChI=1S/C18H18ClNO4S/c1-12(25-14-6-4-3-5-7-14)18(22)24-11-17(21)20-15-10-13(19)8-9-16(15)23-2/h3-10,12H,11H2,1-2H3,(H,20,21)/t12-/m1/s1. The molecule has 0 aliphatic rings. The summed E-state index contributed by atoms with van der Waals surface area (Å²) in [6, 6.07) is 14.4. The van der Waals surface area contributed by atoms with Gasteiger partial charge < -0.3 is 14.8 Å². The third-order valence-electron chi connectivity index (χ3n) is 3.17. The zero-order valence-corrected chi connectivity index (χ0v) is 15.4. The number of thioether (sulfide) groups is 1. The third-order valence-corrected chi connectivity index (χ3v) is 4.49. The molecule has 7 heteroatoms. The first kappa shape index (κ1) is 19.1. The number of rotatable bonds is 7. The van der Waals surface area contributed by atoms with Gasteiger partial charge in [0.2, 0.25) is 0 Å². The van der Waals surface area contributed by atoms with Crippen molar-refractivity contribution in [1.82, 2.24) is 0 Å². The second-order valence-corrected chi connectivity index (χ2v) is 6.92. The number of carbonyl (C=O) groups is 2. The molecule has 132 valence electrons. The number of halogens is 1. The maximum absolute atomic E-state index is 12.0. The van der Waals surface area contributed by atoms with Gasteiger partial charge >= 0.3 is 5.97 Å². The number of nitrogens with one attached hydrogen (secondary N) is 1. The smallest absolute Gasteiger partial charge is 0.319 e. The summed E-state index contributed by atoms with van der Waals surface area (Å²) in [7, 11) is 1.49. The summed E-state index contributed by atoms with van der Waals surface area (Å²) in [6.07, 6.45) is 0. The molecule has 0 aliphatic carbocycles. The zero-order valence-electron chi connectivity index (χ0n) is 13.8. The van der Waals surface area contributed by atoms with Crippen molar-refractivity contribution in [2.24, 2.45) is 0 Å². The van der Waals surface area contributed by atoms with Crippen LogP contribution in [0.25, 0.3) is 0 Å². The second-order valence-electron chi connectivity index (χ2n) is 5.07. The number of amides is 1. The molecule has 0 saturated carbocycles. The lowest BCUT2D eigenvalue weighted by Crippen LogP contribution is -2.25. The van der Waals surface area contributed by atoms with Crippen LogP contribution in [0.1, 0.15) is 6.92 Å². The number of benzene rings is 2. The molecular weight excluding hydrogens is 362 g/mol. The summed E-state index contributed by atoms with van der Waals surface area (Å²) in [5.74, 6) is -0.454. The van der Waals surface area contributed by atoms with Gasteiger partial charge in [0.15, 0.2) is 6.61 Å². The van der Waals surface area contributed by atoms with E-state index in [1.165, 1.54) is 18.9 Å². The number of hydrogen-bond donors (Lipinski definition) is 1. The summed E-state index contributed by atoms with van der Waals surface area (Å²) in [5.41, 5.74) is 0.419. The Morgan fingerprint density at radius 3 is 2.60 bits per heavy atom. The minimum atomic E-state index is -0.467. The SMILES string of the molecule is COc1ccc(Cl)cc1NC(=O)COC(=O)[C@@H](C)Sc1ccccc1. The molecule has 0 spiro atoms. The third kappa shape index (κ3) is 5.99. The Kier molecular flexibility index (Phi) is 7.16.